The summed E-state index contributed by atoms with van der Waals surface area (Å²) in [6, 6.07) is 12.2. The van der Waals surface area contributed by atoms with Crippen LogP contribution in [-0.2, 0) is 4.79 Å². The lowest BCUT2D eigenvalue weighted by molar-refractivity contribution is -0.129. The van der Waals surface area contributed by atoms with Gasteiger partial charge in [-0.15, -0.1) is 10.2 Å². The number of carbonyl (C=O) groups excluding carboxylic acids is 1. The Morgan fingerprint density at radius 2 is 1.84 bits per heavy atom. The van der Waals surface area contributed by atoms with E-state index < -0.39 is 0 Å². The zero-order valence-electron chi connectivity index (χ0n) is 18.2. The van der Waals surface area contributed by atoms with Crippen molar-refractivity contribution in [2.24, 2.45) is 0 Å². The van der Waals surface area contributed by atoms with Gasteiger partial charge >= 0.3 is 0 Å². The second kappa shape index (κ2) is 9.62. The Balaban J connectivity index is 1.66. The predicted molar refractivity (Wildman–Crippen MR) is 123 cm³/mol. The smallest absolute Gasteiger partial charge is 0.233 e. The number of amides is 1. The first kappa shape index (κ1) is 21.5. The van der Waals surface area contributed by atoms with E-state index in [0.29, 0.717) is 11.7 Å². The normalized spacial score (nSPS) is 14.9. The number of nitrogens with zero attached hydrogens (tertiary/aromatic N) is 6. The highest BCUT2D eigenvalue weighted by molar-refractivity contribution is 7.99. The van der Waals surface area contributed by atoms with Crippen molar-refractivity contribution >= 4 is 17.7 Å². The third kappa shape index (κ3) is 4.80. The van der Waals surface area contributed by atoms with Crippen molar-refractivity contribution in [3.05, 3.63) is 54.4 Å². The number of thioether (sulfide) groups is 1. The quantitative estimate of drug-likeness (QED) is 0.552. The van der Waals surface area contributed by atoms with E-state index in [9.17, 15) is 4.79 Å². The fourth-order valence-corrected chi connectivity index (χ4v) is 4.56. The second-order valence-corrected chi connectivity index (χ2v) is 9.01. The van der Waals surface area contributed by atoms with Gasteiger partial charge < -0.3 is 9.80 Å². The van der Waals surface area contributed by atoms with Crippen LogP contribution >= 0.6 is 11.8 Å². The number of benzene rings is 1. The topological polar surface area (TPSA) is 67.2 Å². The van der Waals surface area contributed by atoms with E-state index in [0.717, 1.165) is 48.4 Å². The van der Waals surface area contributed by atoms with E-state index >= 15 is 0 Å². The van der Waals surface area contributed by atoms with Gasteiger partial charge in [-0.25, -0.2) is 0 Å². The molecule has 3 aromatic rings. The molecule has 0 aliphatic carbocycles. The average molecular weight is 437 g/mol. The van der Waals surface area contributed by atoms with Crippen LogP contribution < -0.4 is 0 Å². The van der Waals surface area contributed by atoms with Crippen molar-refractivity contribution in [1.82, 2.24) is 29.5 Å². The fraction of sp³-hybridized carbons (Fsp3) is 0.391. The maximum atomic E-state index is 12.8. The third-order valence-corrected chi connectivity index (χ3v) is 6.45. The lowest BCUT2D eigenvalue weighted by Crippen LogP contribution is -2.47. The molecule has 0 saturated carbocycles. The molecule has 0 radical (unpaired) electrons. The van der Waals surface area contributed by atoms with Crippen molar-refractivity contribution in [2.75, 3.05) is 39.0 Å². The summed E-state index contributed by atoms with van der Waals surface area (Å²) < 4.78 is 2.06. The van der Waals surface area contributed by atoms with Crippen LogP contribution in [0.3, 0.4) is 0 Å². The molecule has 1 aliphatic heterocycles. The lowest BCUT2D eigenvalue weighted by atomic mass is 10.0. The molecule has 7 nitrogen and oxygen atoms in total. The Kier molecular flexibility index (Phi) is 6.67. The van der Waals surface area contributed by atoms with Crippen molar-refractivity contribution in [3.63, 3.8) is 0 Å². The zero-order valence-corrected chi connectivity index (χ0v) is 19.0. The SMILES string of the molecule is CC(C)c1ccccc1-n1c(SCC(=O)N2CCN(C)CC2)nnc1-c1cccnc1. The van der Waals surface area contributed by atoms with E-state index in [4.69, 9.17) is 0 Å². The molecular weight excluding hydrogens is 408 g/mol. The summed E-state index contributed by atoms with van der Waals surface area (Å²) in [6.45, 7) is 7.74. The van der Waals surface area contributed by atoms with Gasteiger partial charge in [0, 0.05) is 44.1 Å². The van der Waals surface area contributed by atoms with Crippen LogP contribution in [0.1, 0.15) is 25.3 Å². The minimum absolute atomic E-state index is 0.146. The summed E-state index contributed by atoms with van der Waals surface area (Å²) in [5.41, 5.74) is 3.14. The Morgan fingerprint density at radius 1 is 1.06 bits per heavy atom. The number of hydrogen-bond acceptors (Lipinski definition) is 6. The van der Waals surface area contributed by atoms with Gasteiger partial charge in [-0.2, -0.15) is 0 Å². The maximum Gasteiger partial charge on any atom is 0.233 e. The van der Waals surface area contributed by atoms with Crippen molar-refractivity contribution < 1.29 is 4.79 Å². The number of pyridine rings is 1. The summed E-state index contributed by atoms with van der Waals surface area (Å²) >= 11 is 1.44. The molecule has 1 aromatic carbocycles. The van der Waals surface area contributed by atoms with Gasteiger partial charge in [-0.05, 0) is 36.7 Å². The molecule has 4 rings (SSSR count). The lowest BCUT2D eigenvalue weighted by Gasteiger charge is -2.32. The first-order chi connectivity index (χ1) is 15.0. The standard InChI is InChI=1S/C23H28N6OS/c1-17(2)19-8-4-5-9-20(19)29-22(18-7-6-10-24-15-18)25-26-23(29)31-16-21(30)28-13-11-27(3)12-14-28/h4-10,15,17H,11-14,16H2,1-3H3. The molecule has 2 aromatic heterocycles. The van der Waals surface area contributed by atoms with Gasteiger partial charge in [0.05, 0.1) is 11.4 Å². The van der Waals surface area contributed by atoms with Crippen LogP contribution in [0.2, 0.25) is 0 Å². The highest BCUT2D eigenvalue weighted by Gasteiger charge is 2.23. The molecular formula is C23H28N6OS. The van der Waals surface area contributed by atoms with Gasteiger partial charge in [-0.1, -0.05) is 43.8 Å². The fourth-order valence-electron chi connectivity index (χ4n) is 3.72. The van der Waals surface area contributed by atoms with Crippen molar-refractivity contribution in [1.29, 1.82) is 0 Å². The van der Waals surface area contributed by atoms with Gasteiger partial charge in [0.2, 0.25) is 5.91 Å². The van der Waals surface area contributed by atoms with Crippen LogP contribution in [0.15, 0.2) is 53.9 Å². The maximum absolute atomic E-state index is 12.8. The monoisotopic (exact) mass is 436 g/mol. The molecule has 0 unspecified atom stereocenters. The molecule has 0 spiro atoms. The Morgan fingerprint density at radius 3 is 2.55 bits per heavy atom. The van der Waals surface area contributed by atoms with Crippen molar-refractivity contribution in [2.45, 2.75) is 24.9 Å². The molecule has 0 bridgehead atoms. The molecule has 8 heteroatoms. The van der Waals surface area contributed by atoms with E-state index in [2.05, 4.69) is 63.7 Å². The molecule has 1 fully saturated rings. The number of likely N-dealkylation sites (N-methyl/N-ethyl adjacent to an activating group) is 1. The zero-order chi connectivity index (χ0) is 21.8. The number of aromatic nitrogens is 4. The number of carbonyl (C=O) groups is 1. The van der Waals surface area contributed by atoms with E-state index in [1.54, 1.807) is 12.4 Å². The molecule has 1 saturated heterocycles. The molecule has 31 heavy (non-hydrogen) atoms. The second-order valence-electron chi connectivity index (χ2n) is 8.07. The Hall–Kier alpha value is -2.71. The first-order valence-corrected chi connectivity index (χ1v) is 11.6. The van der Waals surface area contributed by atoms with E-state index in [-0.39, 0.29) is 5.91 Å². The molecule has 0 N–H and O–H groups in total. The summed E-state index contributed by atoms with van der Waals surface area (Å²) in [4.78, 5) is 21.2. The Bertz CT molecular complexity index is 1030. The third-order valence-electron chi connectivity index (χ3n) is 5.53. The van der Waals surface area contributed by atoms with Gasteiger partial charge in [-0.3, -0.25) is 14.3 Å². The highest BCUT2D eigenvalue weighted by Crippen LogP contribution is 2.32. The van der Waals surface area contributed by atoms with Crippen LogP contribution in [0.5, 0.6) is 0 Å². The first-order valence-electron chi connectivity index (χ1n) is 10.6. The summed E-state index contributed by atoms with van der Waals surface area (Å²) in [5.74, 6) is 1.56. The largest absolute Gasteiger partial charge is 0.339 e. The highest BCUT2D eigenvalue weighted by atomic mass is 32.2. The van der Waals surface area contributed by atoms with E-state index in [1.807, 2.05) is 23.1 Å². The van der Waals surface area contributed by atoms with Gasteiger partial charge in [0.15, 0.2) is 11.0 Å². The van der Waals surface area contributed by atoms with Crippen LogP contribution in [-0.4, -0.2) is 74.4 Å². The molecule has 3 heterocycles. The van der Waals surface area contributed by atoms with Crippen LogP contribution in [0.4, 0.5) is 0 Å². The number of para-hydroxylation sites is 1. The van der Waals surface area contributed by atoms with Crippen LogP contribution in [0, 0.1) is 0 Å². The average Bonchev–Trinajstić information content (AvgIpc) is 3.22. The molecule has 0 atom stereocenters. The number of hydrogen-bond donors (Lipinski definition) is 0. The minimum Gasteiger partial charge on any atom is -0.339 e. The summed E-state index contributed by atoms with van der Waals surface area (Å²) in [5, 5.41) is 9.67. The summed E-state index contributed by atoms with van der Waals surface area (Å²) in [6.07, 6.45) is 3.54. The Labute approximate surface area is 187 Å². The number of rotatable bonds is 6. The van der Waals surface area contributed by atoms with Crippen LogP contribution in [0.25, 0.3) is 17.1 Å². The minimum atomic E-state index is 0.146. The predicted octanol–water partition coefficient (Wildman–Crippen LogP) is 3.32. The molecule has 162 valence electrons. The summed E-state index contributed by atoms with van der Waals surface area (Å²) in [7, 11) is 2.09. The van der Waals surface area contributed by atoms with Gasteiger partial charge in [0.25, 0.3) is 0 Å². The van der Waals surface area contributed by atoms with E-state index in [1.165, 1.54) is 17.3 Å². The molecule has 1 aliphatic rings. The molecule has 1 amide bonds. The van der Waals surface area contributed by atoms with Crippen molar-refractivity contribution in [3.8, 4) is 17.1 Å². The van der Waals surface area contributed by atoms with Gasteiger partial charge in [0.1, 0.15) is 0 Å². The number of piperazine rings is 1.